The number of nitrogens with one attached hydrogen (secondary N) is 2. The van der Waals surface area contributed by atoms with Crippen LogP contribution >= 0.6 is 0 Å². The molecule has 1 heterocycles. The van der Waals surface area contributed by atoms with E-state index in [0.717, 1.165) is 5.56 Å². The largest absolute Gasteiger partial charge is 0.342 e. The first-order valence-electron chi connectivity index (χ1n) is 6.05. The van der Waals surface area contributed by atoms with E-state index >= 15 is 0 Å². The maximum absolute atomic E-state index is 11.9. The van der Waals surface area contributed by atoms with E-state index in [9.17, 15) is 9.59 Å². The summed E-state index contributed by atoms with van der Waals surface area (Å²) in [6.45, 7) is 0.377. The van der Waals surface area contributed by atoms with Crippen molar-refractivity contribution in [1.29, 1.82) is 0 Å². The quantitative estimate of drug-likeness (QED) is 0.674. The Labute approximate surface area is 106 Å². The minimum atomic E-state index is -0.492. The van der Waals surface area contributed by atoms with Gasteiger partial charge in [-0.2, -0.15) is 0 Å². The average molecular weight is 247 g/mol. The van der Waals surface area contributed by atoms with Gasteiger partial charge in [0.05, 0.1) is 0 Å². The molecule has 0 aliphatic carbocycles. The number of amides is 2. The highest BCUT2D eigenvalue weighted by molar-refractivity contribution is 5.97. The number of hydrogen-bond acceptors (Lipinski definition) is 3. The van der Waals surface area contributed by atoms with Crippen molar-refractivity contribution in [3.05, 3.63) is 35.9 Å². The van der Waals surface area contributed by atoms with Crippen molar-refractivity contribution < 1.29 is 9.59 Å². The molecular weight excluding hydrogens is 230 g/mol. The molecule has 5 nitrogen and oxygen atoms in total. The van der Waals surface area contributed by atoms with Gasteiger partial charge >= 0.3 is 0 Å². The molecule has 1 saturated heterocycles. The van der Waals surface area contributed by atoms with Gasteiger partial charge in [-0.05, 0) is 18.5 Å². The van der Waals surface area contributed by atoms with E-state index in [0.29, 0.717) is 19.4 Å². The molecule has 18 heavy (non-hydrogen) atoms. The number of piperazine rings is 1. The second-order valence-electron chi connectivity index (χ2n) is 4.39. The molecule has 0 spiro atoms. The number of nitrogens with two attached hydrogens (primary N) is 1. The Morgan fingerprint density at radius 3 is 2.28 bits per heavy atom. The zero-order chi connectivity index (χ0) is 13.0. The fourth-order valence-corrected chi connectivity index (χ4v) is 2.04. The van der Waals surface area contributed by atoms with Crippen LogP contribution in [0.3, 0.4) is 0 Å². The summed E-state index contributed by atoms with van der Waals surface area (Å²) in [6.07, 6.45) is 0.976. The fraction of sp³-hybridized carbons (Fsp3) is 0.385. The highest BCUT2D eigenvalue weighted by Crippen LogP contribution is 2.07. The van der Waals surface area contributed by atoms with Crippen LogP contribution in [0, 0.1) is 0 Å². The molecule has 0 unspecified atom stereocenters. The molecule has 0 saturated carbocycles. The molecule has 96 valence electrons. The third kappa shape index (κ3) is 2.87. The van der Waals surface area contributed by atoms with Crippen molar-refractivity contribution in [1.82, 2.24) is 10.6 Å². The third-order valence-corrected chi connectivity index (χ3v) is 3.00. The highest BCUT2D eigenvalue weighted by atomic mass is 16.2. The molecule has 2 rings (SSSR count). The molecule has 0 aromatic heterocycles. The van der Waals surface area contributed by atoms with E-state index in [-0.39, 0.29) is 11.8 Å². The number of hydrogen-bond donors (Lipinski definition) is 3. The van der Waals surface area contributed by atoms with E-state index in [1.165, 1.54) is 0 Å². The van der Waals surface area contributed by atoms with Gasteiger partial charge in [-0.15, -0.1) is 0 Å². The topological polar surface area (TPSA) is 84.2 Å². The summed E-state index contributed by atoms with van der Waals surface area (Å²) >= 11 is 0. The summed E-state index contributed by atoms with van der Waals surface area (Å²) in [6, 6.07) is 8.63. The smallest absolute Gasteiger partial charge is 0.243 e. The zero-order valence-electron chi connectivity index (χ0n) is 10.1. The van der Waals surface area contributed by atoms with Gasteiger partial charge < -0.3 is 16.4 Å². The predicted molar refractivity (Wildman–Crippen MR) is 67.7 cm³/mol. The molecule has 1 aliphatic rings. The standard InChI is InChI=1S/C13H17N3O2/c14-7-6-10-12(17)16-11(13(18)15-10)8-9-4-2-1-3-5-9/h1-5,10-11H,6-8,14H2,(H,15,18)(H,16,17)/t10-,11-/m0/s1. The van der Waals surface area contributed by atoms with Crippen molar-refractivity contribution in [3.63, 3.8) is 0 Å². The third-order valence-electron chi connectivity index (χ3n) is 3.00. The van der Waals surface area contributed by atoms with Crippen LogP contribution < -0.4 is 16.4 Å². The van der Waals surface area contributed by atoms with Gasteiger partial charge in [0.2, 0.25) is 11.8 Å². The van der Waals surface area contributed by atoms with Crippen molar-refractivity contribution in [2.75, 3.05) is 6.54 Å². The number of benzene rings is 1. The first-order chi connectivity index (χ1) is 8.70. The van der Waals surface area contributed by atoms with E-state index < -0.39 is 12.1 Å². The number of carbonyl (C=O) groups is 2. The lowest BCUT2D eigenvalue weighted by molar-refractivity contribution is -0.136. The Hall–Kier alpha value is -1.88. The van der Waals surface area contributed by atoms with Gasteiger partial charge in [0, 0.05) is 6.42 Å². The second kappa shape index (κ2) is 5.64. The number of rotatable bonds is 4. The van der Waals surface area contributed by atoms with Crippen LogP contribution in [0.4, 0.5) is 0 Å². The average Bonchev–Trinajstić information content (AvgIpc) is 2.37. The summed E-state index contributed by atoms with van der Waals surface area (Å²) in [4.78, 5) is 23.6. The van der Waals surface area contributed by atoms with Gasteiger partial charge in [0.25, 0.3) is 0 Å². The lowest BCUT2D eigenvalue weighted by Gasteiger charge is -2.29. The maximum Gasteiger partial charge on any atom is 0.243 e. The van der Waals surface area contributed by atoms with Gasteiger partial charge in [0.1, 0.15) is 12.1 Å². The van der Waals surface area contributed by atoms with Crippen LogP contribution in [-0.2, 0) is 16.0 Å². The Morgan fingerprint density at radius 1 is 1.00 bits per heavy atom. The van der Waals surface area contributed by atoms with Gasteiger partial charge in [0.15, 0.2) is 0 Å². The SMILES string of the molecule is NCC[C@@H]1NC(=O)[C@H](Cc2ccccc2)NC1=O. The van der Waals surface area contributed by atoms with E-state index in [1.807, 2.05) is 30.3 Å². The number of carbonyl (C=O) groups excluding carboxylic acids is 2. The Morgan fingerprint density at radius 2 is 1.61 bits per heavy atom. The summed E-state index contributed by atoms with van der Waals surface area (Å²) in [5.74, 6) is -0.294. The second-order valence-corrected chi connectivity index (χ2v) is 4.39. The summed E-state index contributed by atoms with van der Waals surface area (Å²) < 4.78 is 0. The molecular formula is C13H17N3O2. The molecule has 2 atom stereocenters. The molecule has 1 aromatic rings. The van der Waals surface area contributed by atoms with Crippen LogP contribution in [-0.4, -0.2) is 30.4 Å². The molecule has 1 fully saturated rings. The van der Waals surface area contributed by atoms with Crippen molar-refractivity contribution in [2.45, 2.75) is 24.9 Å². The summed E-state index contributed by atoms with van der Waals surface area (Å²) in [5, 5.41) is 5.45. The van der Waals surface area contributed by atoms with Gasteiger partial charge in [-0.1, -0.05) is 30.3 Å². The molecule has 5 heteroatoms. The molecule has 2 amide bonds. The zero-order valence-corrected chi connectivity index (χ0v) is 10.1. The Bertz CT molecular complexity index is 433. The highest BCUT2D eigenvalue weighted by Gasteiger charge is 2.32. The van der Waals surface area contributed by atoms with Crippen molar-refractivity contribution in [2.24, 2.45) is 5.73 Å². The van der Waals surface area contributed by atoms with Crippen molar-refractivity contribution >= 4 is 11.8 Å². The minimum Gasteiger partial charge on any atom is -0.342 e. The molecule has 1 aromatic carbocycles. The van der Waals surface area contributed by atoms with Gasteiger partial charge in [-0.25, -0.2) is 0 Å². The van der Waals surface area contributed by atoms with E-state index in [4.69, 9.17) is 5.73 Å². The first-order valence-corrected chi connectivity index (χ1v) is 6.05. The van der Waals surface area contributed by atoms with Crippen molar-refractivity contribution in [3.8, 4) is 0 Å². The molecule has 4 N–H and O–H groups in total. The van der Waals surface area contributed by atoms with Crippen LogP contribution in [0.15, 0.2) is 30.3 Å². The summed E-state index contributed by atoms with van der Waals surface area (Å²) in [7, 11) is 0. The Balaban J connectivity index is 1.99. The van der Waals surface area contributed by atoms with E-state index in [2.05, 4.69) is 10.6 Å². The Kier molecular flexibility index (Phi) is 3.94. The fourth-order valence-electron chi connectivity index (χ4n) is 2.04. The van der Waals surface area contributed by atoms with Gasteiger partial charge in [-0.3, -0.25) is 9.59 Å². The summed E-state index contributed by atoms with van der Waals surface area (Å²) in [5.41, 5.74) is 6.42. The predicted octanol–water partition coefficient (Wildman–Crippen LogP) is -0.439. The van der Waals surface area contributed by atoms with Crippen LogP contribution in [0.5, 0.6) is 0 Å². The lowest BCUT2D eigenvalue weighted by atomic mass is 10.0. The lowest BCUT2D eigenvalue weighted by Crippen LogP contribution is -2.62. The van der Waals surface area contributed by atoms with Crippen LogP contribution in [0.2, 0.25) is 0 Å². The molecule has 0 bridgehead atoms. The van der Waals surface area contributed by atoms with E-state index in [1.54, 1.807) is 0 Å². The maximum atomic E-state index is 11.9. The van der Waals surface area contributed by atoms with Crippen LogP contribution in [0.25, 0.3) is 0 Å². The first kappa shape index (κ1) is 12.6. The minimum absolute atomic E-state index is 0.142. The van der Waals surface area contributed by atoms with Crippen LogP contribution in [0.1, 0.15) is 12.0 Å². The molecule has 0 radical (unpaired) electrons. The molecule has 1 aliphatic heterocycles. The normalized spacial score (nSPS) is 23.4. The monoisotopic (exact) mass is 247 g/mol.